The third-order valence-corrected chi connectivity index (χ3v) is 2.60. The molecule has 14 heavy (non-hydrogen) atoms. The second-order valence-corrected chi connectivity index (χ2v) is 4.69. The van der Waals surface area contributed by atoms with E-state index in [1.54, 1.807) is 0 Å². The van der Waals surface area contributed by atoms with Gasteiger partial charge >= 0.3 is 29.6 Å². The van der Waals surface area contributed by atoms with E-state index >= 15 is 0 Å². The van der Waals surface area contributed by atoms with Crippen molar-refractivity contribution >= 4 is 33.3 Å². The van der Waals surface area contributed by atoms with Gasteiger partial charge in [0.15, 0.2) is 0 Å². The van der Waals surface area contributed by atoms with Crippen LogP contribution in [0.5, 0.6) is 0 Å². The van der Waals surface area contributed by atoms with E-state index in [2.05, 4.69) is 0 Å². The Labute approximate surface area is 114 Å². The molecule has 0 atom stereocenters. The maximum atomic E-state index is 10.4. The van der Waals surface area contributed by atoms with Gasteiger partial charge < -0.3 is 4.55 Å². The molecule has 0 saturated carbocycles. The monoisotopic (exact) mass is 262 g/mol. The van der Waals surface area contributed by atoms with Crippen molar-refractivity contribution in [3.63, 3.8) is 0 Å². The minimum absolute atomic E-state index is 0. The van der Waals surface area contributed by atoms with E-state index in [0.717, 1.165) is 0 Å². The fraction of sp³-hybridized carbons (Fsp3) is 0.143. The first-order valence-corrected chi connectivity index (χ1v) is 5.59. The quantitative estimate of drug-likeness (QED) is 0.510. The molecule has 0 unspecified atom stereocenters. The Morgan fingerprint density at radius 2 is 1.86 bits per heavy atom. The van der Waals surface area contributed by atoms with Crippen molar-refractivity contribution in [2.75, 3.05) is 0 Å². The molecule has 0 fully saturated rings. The first-order chi connectivity index (χ1) is 5.88. The van der Waals surface area contributed by atoms with Gasteiger partial charge in [-0.05, 0) is 17.7 Å². The molecule has 0 heterocycles. The average molecular weight is 263 g/mol. The molecule has 1 aromatic carbocycles. The zero-order valence-corrected chi connectivity index (χ0v) is 11.7. The summed E-state index contributed by atoms with van der Waals surface area (Å²) in [5.74, 6) is -0.608. The molecule has 0 spiro atoms. The maximum absolute atomic E-state index is 10.4. The second-order valence-electron chi connectivity index (χ2n) is 2.44. The van der Waals surface area contributed by atoms with Crippen LogP contribution in [-0.2, 0) is 15.9 Å². The van der Waals surface area contributed by atoms with Crippen LogP contribution < -0.4 is 29.6 Å². The maximum Gasteiger partial charge on any atom is 1.00 e. The molecule has 0 bridgehead atoms. The van der Waals surface area contributed by atoms with Crippen molar-refractivity contribution in [1.82, 2.24) is 0 Å². The van der Waals surface area contributed by atoms with Gasteiger partial charge in [0.2, 0.25) is 0 Å². The topological polar surface area (TPSA) is 57.2 Å². The van der Waals surface area contributed by atoms with Crippen LogP contribution in [0.2, 0.25) is 10.0 Å². The third kappa shape index (κ3) is 4.98. The van der Waals surface area contributed by atoms with Crippen LogP contribution in [0.1, 0.15) is 5.56 Å². The van der Waals surface area contributed by atoms with Gasteiger partial charge in [-0.25, -0.2) is 8.42 Å². The molecule has 0 aliphatic rings. The molecule has 0 aliphatic heterocycles. The Morgan fingerprint density at radius 1 is 1.29 bits per heavy atom. The van der Waals surface area contributed by atoms with Crippen molar-refractivity contribution < 1.29 is 42.5 Å². The minimum atomic E-state index is -4.29. The molecular weight excluding hydrogens is 258 g/mol. The van der Waals surface area contributed by atoms with Crippen LogP contribution in [-0.4, -0.2) is 13.0 Å². The van der Waals surface area contributed by atoms with Gasteiger partial charge in [0, 0.05) is 10.0 Å². The fourth-order valence-corrected chi connectivity index (χ4v) is 2.02. The predicted molar refractivity (Wildman–Crippen MR) is 49.9 cm³/mol. The zero-order valence-electron chi connectivity index (χ0n) is 7.33. The van der Waals surface area contributed by atoms with Gasteiger partial charge in [-0.15, -0.1) is 0 Å². The van der Waals surface area contributed by atoms with E-state index in [1.807, 2.05) is 0 Å². The van der Waals surface area contributed by atoms with E-state index in [-0.39, 0.29) is 40.1 Å². The number of hydrogen-bond donors (Lipinski definition) is 0. The Bertz CT molecular complexity index is 419. The average Bonchev–Trinajstić information content (AvgIpc) is 1.93. The molecule has 72 valence electrons. The van der Waals surface area contributed by atoms with Gasteiger partial charge in [0.1, 0.15) is 0 Å². The van der Waals surface area contributed by atoms with E-state index in [0.29, 0.717) is 5.02 Å². The molecule has 1 aromatic rings. The minimum Gasteiger partial charge on any atom is -0.748 e. The second kappa shape index (κ2) is 5.70. The van der Waals surface area contributed by atoms with Crippen molar-refractivity contribution in [1.29, 1.82) is 0 Å². The van der Waals surface area contributed by atoms with Crippen molar-refractivity contribution in [3.8, 4) is 0 Å². The molecule has 7 heteroatoms. The Morgan fingerprint density at radius 3 is 2.29 bits per heavy atom. The summed E-state index contributed by atoms with van der Waals surface area (Å²) >= 11 is 11.2. The van der Waals surface area contributed by atoms with E-state index in [1.165, 1.54) is 18.2 Å². The summed E-state index contributed by atoms with van der Waals surface area (Å²) in [4.78, 5) is 0. The van der Waals surface area contributed by atoms with Crippen LogP contribution in [0.3, 0.4) is 0 Å². The van der Waals surface area contributed by atoms with Crippen LogP contribution in [0.4, 0.5) is 0 Å². The summed E-state index contributed by atoms with van der Waals surface area (Å²) < 4.78 is 31.2. The molecule has 1 rings (SSSR count). The van der Waals surface area contributed by atoms with E-state index in [9.17, 15) is 13.0 Å². The molecule has 0 radical (unpaired) electrons. The summed E-state index contributed by atoms with van der Waals surface area (Å²) in [7, 11) is -4.29. The van der Waals surface area contributed by atoms with Crippen LogP contribution >= 0.6 is 23.2 Å². The van der Waals surface area contributed by atoms with Crippen LogP contribution in [0.15, 0.2) is 18.2 Å². The fourth-order valence-electron chi connectivity index (χ4n) is 0.829. The summed E-state index contributed by atoms with van der Waals surface area (Å²) in [5.41, 5.74) is 0.265. The number of halogens is 2. The molecular formula is C7H5Cl2NaO3S. The van der Waals surface area contributed by atoms with Crippen LogP contribution in [0, 0.1) is 0 Å². The smallest absolute Gasteiger partial charge is 0.748 e. The van der Waals surface area contributed by atoms with Crippen molar-refractivity contribution in [2.24, 2.45) is 0 Å². The van der Waals surface area contributed by atoms with Gasteiger partial charge in [0.25, 0.3) is 0 Å². The largest absolute Gasteiger partial charge is 1.00 e. The number of rotatable bonds is 2. The summed E-state index contributed by atoms with van der Waals surface area (Å²) in [6.45, 7) is 0. The van der Waals surface area contributed by atoms with Gasteiger partial charge in [0.05, 0.1) is 15.9 Å². The first-order valence-electron chi connectivity index (χ1n) is 3.26. The summed E-state index contributed by atoms with van der Waals surface area (Å²) in [5, 5.41) is 0.587. The van der Waals surface area contributed by atoms with Crippen LogP contribution in [0.25, 0.3) is 0 Å². The summed E-state index contributed by atoms with van der Waals surface area (Å²) in [6.07, 6.45) is 0. The molecule has 0 N–H and O–H groups in total. The normalized spacial score (nSPS) is 10.8. The molecule has 0 aromatic heterocycles. The van der Waals surface area contributed by atoms with Gasteiger partial charge in [-0.1, -0.05) is 29.3 Å². The van der Waals surface area contributed by atoms with Gasteiger partial charge in [-0.3, -0.25) is 0 Å². The Hall–Kier alpha value is 0.710. The van der Waals surface area contributed by atoms with E-state index in [4.69, 9.17) is 23.2 Å². The molecule has 3 nitrogen and oxygen atoms in total. The summed E-state index contributed by atoms with van der Waals surface area (Å²) in [6, 6.07) is 4.29. The molecule has 0 amide bonds. The predicted octanol–water partition coefficient (Wildman–Crippen LogP) is -0.957. The molecule has 0 aliphatic carbocycles. The number of hydrogen-bond acceptors (Lipinski definition) is 3. The van der Waals surface area contributed by atoms with Crippen molar-refractivity contribution in [2.45, 2.75) is 5.75 Å². The standard InChI is InChI=1S/C7H6Cl2O3S.Na/c8-6-2-1-5(7(9)3-6)4-13(10,11)12;/h1-3H,4H2,(H,10,11,12);/q;+1/p-1. The van der Waals surface area contributed by atoms with E-state index < -0.39 is 15.9 Å². The number of benzene rings is 1. The zero-order chi connectivity index (χ0) is 10.1. The van der Waals surface area contributed by atoms with Crippen molar-refractivity contribution in [3.05, 3.63) is 33.8 Å². The Balaban J connectivity index is 0.00000169. The first kappa shape index (κ1) is 14.7. The SMILES string of the molecule is O=S(=O)([O-])Cc1ccc(Cl)cc1Cl.[Na+]. The van der Waals surface area contributed by atoms with Gasteiger partial charge in [-0.2, -0.15) is 0 Å². The third-order valence-electron chi connectivity index (χ3n) is 1.35. The Kier molecular flexibility index (Phi) is 5.99. The molecule has 0 saturated heterocycles.